The first kappa shape index (κ1) is 16.3. The van der Waals surface area contributed by atoms with E-state index in [-0.39, 0.29) is 11.3 Å². The van der Waals surface area contributed by atoms with Crippen molar-refractivity contribution >= 4 is 5.97 Å². The summed E-state index contributed by atoms with van der Waals surface area (Å²) in [6.07, 6.45) is 3.07. The average Bonchev–Trinajstić information content (AvgIpc) is 3.06. The third kappa shape index (κ3) is 2.81. The molecule has 0 fully saturated rings. The second-order valence-electron chi connectivity index (χ2n) is 5.96. The summed E-state index contributed by atoms with van der Waals surface area (Å²) in [5.41, 5.74) is 3.95. The molecule has 0 spiro atoms. The Hall–Kier alpha value is -3.22. The molecule has 0 amide bonds. The number of ether oxygens (including phenoxy) is 1. The lowest BCUT2D eigenvalue weighted by Crippen LogP contribution is -2.09. The summed E-state index contributed by atoms with van der Waals surface area (Å²) in [5.74, 6) is -0.839. The number of fused-ring (bicyclic) bond motifs is 3. The van der Waals surface area contributed by atoms with E-state index >= 15 is 0 Å². The number of rotatable bonds is 4. The molecule has 26 heavy (non-hydrogen) atoms. The lowest BCUT2D eigenvalue weighted by molar-refractivity contribution is -0.0504. The lowest BCUT2D eigenvalue weighted by Gasteiger charge is -2.18. The predicted molar refractivity (Wildman–Crippen MR) is 90.0 cm³/mol. The fourth-order valence-electron chi connectivity index (χ4n) is 3.24. The number of alkyl halides is 2. The van der Waals surface area contributed by atoms with Crippen LogP contribution in [-0.4, -0.2) is 27.5 Å². The van der Waals surface area contributed by atoms with Gasteiger partial charge in [0.15, 0.2) is 0 Å². The minimum absolute atomic E-state index is 0.170. The smallest absolute Gasteiger partial charge is 0.387 e. The standard InChI is InChI=1S/C19H14F2N2O3/c20-19(21)26-16-6-2-5-15-14(16)8-7-12-10-23(22-17(12)15)13-4-1-3-11(9-13)18(24)25/h1-6,9-10,19H,7-8H2,(H,24,25). The Balaban J connectivity index is 1.78. The van der Waals surface area contributed by atoms with Crippen LogP contribution in [0.1, 0.15) is 21.5 Å². The number of aromatic carboxylic acids is 1. The highest BCUT2D eigenvalue weighted by Gasteiger charge is 2.24. The van der Waals surface area contributed by atoms with Gasteiger partial charge in [0.05, 0.1) is 16.9 Å². The number of hydrogen-bond donors (Lipinski definition) is 1. The zero-order valence-corrected chi connectivity index (χ0v) is 13.5. The van der Waals surface area contributed by atoms with Crippen molar-refractivity contribution in [3.8, 4) is 22.7 Å². The summed E-state index contributed by atoms with van der Waals surface area (Å²) in [5, 5.41) is 13.7. The summed E-state index contributed by atoms with van der Waals surface area (Å²) in [4.78, 5) is 11.2. The van der Waals surface area contributed by atoms with Gasteiger partial charge < -0.3 is 9.84 Å². The molecule has 0 saturated heterocycles. The number of carboxylic acid groups (broad SMARTS) is 1. The quantitative estimate of drug-likeness (QED) is 0.769. The third-order valence-corrected chi connectivity index (χ3v) is 4.40. The first-order chi connectivity index (χ1) is 12.5. The van der Waals surface area contributed by atoms with Crippen LogP contribution in [0, 0.1) is 0 Å². The molecule has 7 heteroatoms. The van der Waals surface area contributed by atoms with Crippen molar-refractivity contribution in [2.24, 2.45) is 0 Å². The maximum atomic E-state index is 12.6. The van der Waals surface area contributed by atoms with Gasteiger partial charge in [-0.2, -0.15) is 13.9 Å². The Labute approximate surface area is 147 Å². The zero-order valence-electron chi connectivity index (χ0n) is 13.5. The molecule has 1 aliphatic rings. The largest absolute Gasteiger partial charge is 0.478 e. The first-order valence-corrected chi connectivity index (χ1v) is 8.02. The number of benzene rings is 2. The lowest BCUT2D eigenvalue weighted by atomic mass is 9.90. The molecule has 132 valence electrons. The van der Waals surface area contributed by atoms with Crippen LogP contribution in [0.25, 0.3) is 16.9 Å². The third-order valence-electron chi connectivity index (χ3n) is 4.40. The van der Waals surface area contributed by atoms with Gasteiger partial charge in [0.2, 0.25) is 0 Å². The minimum atomic E-state index is -2.88. The Bertz CT molecular complexity index is 998. The Morgan fingerprint density at radius 1 is 1.19 bits per heavy atom. The van der Waals surface area contributed by atoms with Gasteiger partial charge in [-0.25, -0.2) is 9.48 Å². The number of nitrogens with zero attached hydrogens (tertiary/aromatic N) is 2. The van der Waals surface area contributed by atoms with Crippen LogP contribution < -0.4 is 4.74 Å². The fourth-order valence-corrected chi connectivity index (χ4v) is 3.24. The van der Waals surface area contributed by atoms with Crippen LogP contribution in [-0.2, 0) is 12.8 Å². The topological polar surface area (TPSA) is 64.3 Å². The highest BCUT2D eigenvalue weighted by molar-refractivity contribution is 5.88. The second-order valence-corrected chi connectivity index (χ2v) is 5.96. The molecule has 1 heterocycles. The monoisotopic (exact) mass is 356 g/mol. The molecule has 0 saturated carbocycles. The van der Waals surface area contributed by atoms with Gasteiger partial charge in [-0.3, -0.25) is 0 Å². The van der Waals surface area contributed by atoms with Gasteiger partial charge in [-0.15, -0.1) is 0 Å². The summed E-state index contributed by atoms with van der Waals surface area (Å²) in [6.45, 7) is -2.88. The van der Waals surface area contributed by atoms with Crippen molar-refractivity contribution in [2.45, 2.75) is 19.5 Å². The van der Waals surface area contributed by atoms with Crippen LogP contribution >= 0.6 is 0 Å². The van der Waals surface area contributed by atoms with Crippen molar-refractivity contribution in [1.82, 2.24) is 9.78 Å². The second kappa shape index (κ2) is 6.25. The predicted octanol–water partition coefficient (Wildman–Crippen LogP) is 3.94. The Morgan fingerprint density at radius 2 is 2.00 bits per heavy atom. The van der Waals surface area contributed by atoms with Crippen LogP contribution in [0.4, 0.5) is 8.78 Å². The fraction of sp³-hybridized carbons (Fsp3) is 0.158. The highest BCUT2D eigenvalue weighted by atomic mass is 19.3. The van der Waals surface area contributed by atoms with Crippen molar-refractivity contribution in [2.75, 3.05) is 0 Å². The maximum absolute atomic E-state index is 12.6. The average molecular weight is 356 g/mol. The van der Waals surface area contributed by atoms with Crippen molar-refractivity contribution in [3.63, 3.8) is 0 Å². The number of hydrogen-bond acceptors (Lipinski definition) is 3. The first-order valence-electron chi connectivity index (χ1n) is 8.02. The Morgan fingerprint density at radius 3 is 2.77 bits per heavy atom. The summed E-state index contributed by atoms with van der Waals surface area (Å²) < 4.78 is 31.5. The number of aryl methyl sites for hydroxylation is 1. The van der Waals surface area contributed by atoms with E-state index in [9.17, 15) is 13.6 Å². The molecule has 0 radical (unpaired) electrons. The van der Waals surface area contributed by atoms with E-state index < -0.39 is 12.6 Å². The molecule has 3 aromatic rings. The Kier molecular flexibility index (Phi) is 3.91. The maximum Gasteiger partial charge on any atom is 0.387 e. The normalized spacial score (nSPS) is 12.6. The molecule has 0 atom stereocenters. The molecule has 1 N–H and O–H groups in total. The van der Waals surface area contributed by atoms with E-state index in [2.05, 4.69) is 9.84 Å². The molecule has 1 aliphatic carbocycles. The number of carbonyl (C=O) groups is 1. The molecule has 4 rings (SSSR count). The van der Waals surface area contributed by atoms with Crippen LogP contribution in [0.15, 0.2) is 48.7 Å². The van der Waals surface area contributed by atoms with Crippen molar-refractivity contribution in [1.29, 1.82) is 0 Å². The number of halogens is 2. The molecule has 1 aromatic heterocycles. The van der Waals surface area contributed by atoms with Gasteiger partial charge in [-0.1, -0.05) is 18.2 Å². The van der Waals surface area contributed by atoms with Gasteiger partial charge in [0.1, 0.15) is 5.75 Å². The SMILES string of the molecule is O=C(O)c1cccc(-n2cc3c(n2)-c2cccc(OC(F)F)c2CC3)c1. The van der Waals surface area contributed by atoms with Crippen LogP contribution in [0.3, 0.4) is 0 Å². The summed E-state index contributed by atoms with van der Waals surface area (Å²) in [7, 11) is 0. The summed E-state index contributed by atoms with van der Waals surface area (Å²) >= 11 is 0. The number of carboxylic acids is 1. The molecule has 5 nitrogen and oxygen atoms in total. The molecular formula is C19H14F2N2O3. The summed E-state index contributed by atoms with van der Waals surface area (Å²) in [6, 6.07) is 11.5. The molecule has 2 aromatic carbocycles. The van der Waals surface area contributed by atoms with Crippen molar-refractivity contribution < 1.29 is 23.4 Å². The molecule has 0 aliphatic heterocycles. The van der Waals surface area contributed by atoms with E-state index in [1.165, 1.54) is 18.2 Å². The van der Waals surface area contributed by atoms with E-state index in [1.54, 1.807) is 22.9 Å². The van der Waals surface area contributed by atoms with Gasteiger partial charge in [0, 0.05) is 17.3 Å². The van der Waals surface area contributed by atoms with E-state index in [0.29, 0.717) is 29.8 Å². The van der Waals surface area contributed by atoms with E-state index in [4.69, 9.17) is 5.11 Å². The van der Waals surface area contributed by atoms with E-state index in [0.717, 1.165) is 11.1 Å². The van der Waals surface area contributed by atoms with Crippen LogP contribution in [0.2, 0.25) is 0 Å². The molecular weight excluding hydrogens is 342 g/mol. The van der Waals surface area contributed by atoms with E-state index in [1.807, 2.05) is 12.3 Å². The molecule has 0 unspecified atom stereocenters. The molecule has 0 bridgehead atoms. The van der Waals surface area contributed by atoms with Crippen LogP contribution in [0.5, 0.6) is 5.75 Å². The highest BCUT2D eigenvalue weighted by Crippen LogP contribution is 2.38. The van der Waals surface area contributed by atoms with Gasteiger partial charge in [0.25, 0.3) is 0 Å². The zero-order chi connectivity index (χ0) is 18.3. The van der Waals surface area contributed by atoms with Gasteiger partial charge >= 0.3 is 12.6 Å². The minimum Gasteiger partial charge on any atom is -0.478 e. The van der Waals surface area contributed by atoms with Gasteiger partial charge in [-0.05, 0) is 42.7 Å². The van der Waals surface area contributed by atoms with Crippen molar-refractivity contribution in [3.05, 3.63) is 65.4 Å². The number of aromatic nitrogens is 2.